The van der Waals surface area contributed by atoms with Crippen LogP contribution in [0.2, 0.25) is 0 Å². The van der Waals surface area contributed by atoms with Gasteiger partial charge in [-0.2, -0.15) is 5.26 Å². The third kappa shape index (κ3) is 4.49. The largest absolute Gasteiger partial charge is 0.508 e. The van der Waals surface area contributed by atoms with E-state index >= 15 is 0 Å². The van der Waals surface area contributed by atoms with Crippen LogP contribution in [-0.2, 0) is 11.3 Å². The lowest BCUT2D eigenvalue weighted by Gasteiger charge is -2.06. The average molecular weight is 407 g/mol. The van der Waals surface area contributed by atoms with Gasteiger partial charge in [-0.25, -0.2) is 0 Å². The van der Waals surface area contributed by atoms with Gasteiger partial charge in [-0.15, -0.1) is 0 Å². The first kappa shape index (κ1) is 20.0. The summed E-state index contributed by atoms with van der Waals surface area (Å²) in [4.78, 5) is 12.6. The molecule has 0 radical (unpaired) electrons. The van der Waals surface area contributed by atoms with Gasteiger partial charge < -0.3 is 15.0 Å². The molecule has 0 saturated heterocycles. The van der Waals surface area contributed by atoms with Crippen molar-refractivity contribution in [2.24, 2.45) is 0 Å². The quantitative estimate of drug-likeness (QED) is 0.269. The number of hydrogen-bond donors (Lipinski definition) is 2. The van der Waals surface area contributed by atoms with Crippen LogP contribution < -0.4 is 5.32 Å². The number of nitriles is 1. The Morgan fingerprint density at radius 3 is 2.61 bits per heavy atom. The Bertz CT molecular complexity index is 1330. The van der Waals surface area contributed by atoms with E-state index in [1.807, 2.05) is 42.6 Å². The first-order valence-electron chi connectivity index (χ1n) is 9.89. The maximum Gasteiger partial charge on any atom is 0.266 e. The fourth-order valence-electron chi connectivity index (χ4n) is 3.58. The lowest BCUT2D eigenvalue weighted by molar-refractivity contribution is -0.112. The van der Waals surface area contributed by atoms with Crippen LogP contribution in [0.15, 0.2) is 84.6 Å². The fraction of sp³-hybridized carbons (Fsp3) is 0.0769. The minimum atomic E-state index is -0.497. The van der Waals surface area contributed by atoms with Gasteiger partial charge >= 0.3 is 0 Å². The first-order chi connectivity index (χ1) is 15.0. The molecule has 4 rings (SSSR count). The van der Waals surface area contributed by atoms with Crippen LogP contribution in [0.3, 0.4) is 0 Å². The number of aromatic nitrogens is 1. The maximum atomic E-state index is 12.6. The molecule has 1 amide bonds. The van der Waals surface area contributed by atoms with Gasteiger partial charge in [0.25, 0.3) is 5.91 Å². The van der Waals surface area contributed by atoms with Crippen molar-refractivity contribution in [3.8, 4) is 11.8 Å². The highest BCUT2D eigenvalue weighted by atomic mass is 16.3. The molecule has 1 aromatic heterocycles. The molecule has 4 aromatic rings. The summed E-state index contributed by atoms with van der Waals surface area (Å²) in [7, 11) is 0. The van der Waals surface area contributed by atoms with Crippen LogP contribution in [0.1, 0.15) is 16.7 Å². The number of carbonyl (C=O) groups excluding carboxylic acids is 1. The molecule has 0 aliphatic rings. The van der Waals surface area contributed by atoms with Crippen molar-refractivity contribution in [2.45, 2.75) is 13.5 Å². The zero-order valence-corrected chi connectivity index (χ0v) is 17.0. The van der Waals surface area contributed by atoms with E-state index in [9.17, 15) is 15.2 Å². The molecule has 0 saturated carbocycles. The van der Waals surface area contributed by atoms with Crippen molar-refractivity contribution in [1.29, 1.82) is 5.26 Å². The van der Waals surface area contributed by atoms with E-state index < -0.39 is 5.91 Å². The molecule has 31 heavy (non-hydrogen) atoms. The second-order valence-corrected chi connectivity index (χ2v) is 7.39. The van der Waals surface area contributed by atoms with Crippen molar-refractivity contribution in [1.82, 2.24) is 4.57 Å². The number of amides is 1. The van der Waals surface area contributed by atoms with Gasteiger partial charge in [-0.05, 0) is 48.9 Å². The Hall–Kier alpha value is -4.30. The van der Waals surface area contributed by atoms with E-state index in [0.29, 0.717) is 12.2 Å². The molecular formula is C26H21N3O2. The number of carbonyl (C=O) groups is 1. The lowest BCUT2D eigenvalue weighted by atomic mass is 10.1. The molecule has 0 aliphatic heterocycles. The number of para-hydroxylation sites is 1. The zero-order chi connectivity index (χ0) is 21.8. The van der Waals surface area contributed by atoms with Crippen molar-refractivity contribution >= 4 is 28.6 Å². The number of aryl methyl sites for hydroxylation is 1. The smallest absolute Gasteiger partial charge is 0.266 e. The third-order valence-corrected chi connectivity index (χ3v) is 5.04. The summed E-state index contributed by atoms with van der Waals surface area (Å²) >= 11 is 0. The van der Waals surface area contributed by atoms with Crippen LogP contribution in [0.4, 0.5) is 5.69 Å². The Morgan fingerprint density at radius 2 is 1.87 bits per heavy atom. The third-order valence-electron chi connectivity index (χ3n) is 5.04. The lowest BCUT2D eigenvalue weighted by Crippen LogP contribution is -2.13. The van der Waals surface area contributed by atoms with E-state index in [1.54, 1.807) is 18.2 Å². The Labute approximate surface area is 180 Å². The molecular weight excluding hydrogens is 386 g/mol. The summed E-state index contributed by atoms with van der Waals surface area (Å²) in [6.07, 6.45) is 3.59. The number of phenols is 1. The van der Waals surface area contributed by atoms with Crippen molar-refractivity contribution in [3.05, 3.63) is 101 Å². The predicted molar refractivity (Wildman–Crippen MR) is 123 cm³/mol. The van der Waals surface area contributed by atoms with Crippen molar-refractivity contribution in [3.63, 3.8) is 0 Å². The number of nitrogens with zero attached hydrogens (tertiary/aromatic N) is 2. The Morgan fingerprint density at radius 1 is 1.10 bits per heavy atom. The molecule has 5 nitrogen and oxygen atoms in total. The molecule has 2 N–H and O–H groups in total. The minimum absolute atomic E-state index is 0.00605. The summed E-state index contributed by atoms with van der Waals surface area (Å²) in [6.45, 7) is 2.76. The van der Waals surface area contributed by atoms with Gasteiger partial charge in [0.1, 0.15) is 17.4 Å². The Kier molecular flexibility index (Phi) is 5.55. The fourth-order valence-corrected chi connectivity index (χ4v) is 3.58. The van der Waals surface area contributed by atoms with Gasteiger partial charge in [0.2, 0.25) is 0 Å². The van der Waals surface area contributed by atoms with Gasteiger partial charge in [-0.3, -0.25) is 4.79 Å². The van der Waals surface area contributed by atoms with Gasteiger partial charge in [0, 0.05) is 34.9 Å². The summed E-state index contributed by atoms with van der Waals surface area (Å²) in [5, 5.41) is 22.7. The molecule has 3 aromatic carbocycles. The van der Waals surface area contributed by atoms with Gasteiger partial charge in [0.05, 0.1) is 0 Å². The molecule has 0 fully saturated rings. The molecule has 0 unspecified atom stereocenters. The number of benzene rings is 3. The second kappa shape index (κ2) is 8.60. The van der Waals surface area contributed by atoms with Gasteiger partial charge in [0.15, 0.2) is 0 Å². The van der Waals surface area contributed by atoms with Crippen LogP contribution in [0, 0.1) is 18.3 Å². The highest BCUT2D eigenvalue weighted by Gasteiger charge is 2.13. The van der Waals surface area contributed by atoms with Crippen LogP contribution >= 0.6 is 0 Å². The topological polar surface area (TPSA) is 78.0 Å². The molecule has 0 atom stereocenters. The van der Waals surface area contributed by atoms with Crippen LogP contribution in [0.5, 0.6) is 5.75 Å². The number of rotatable bonds is 5. The number of anilines is 1. The molecule has 0 aliphatic carbocycles. The molecule has 0 bridgehead atoms. The van der Waals surface area contributed by atoms with Crippen LogP contribution in [0.25, 0.3) is 17.0 Å². The van der Waals surface area contributed by atoms with E-state index in [1.165, 1.54) is 23.3 Å². The standard InChI is InChI=1S/C26H21N3O2/c1-18-5-4-6-19(13-18)16-29-17-21(24-7-2-3-8-25(24)29)14-20(15-27)26(31)28-22-9-11-23(30)12-10-22/h2-14,17,30H,16H2,1H3,(H,28,31)/b20-14+. The zero-order valence-electron chi connectivity index (χ0n) is 17.0. The summed E-state index contributed by atoms with van der Waals surface area (Å²) in [5.74, 6) is -0.390. The molecule has 0 spiro atoms. The summed E-state index contributed by atoms with van der Waals surface area (Å²) < 4.78 is 2.13. The summed E-state index contributed by atoms with van der Waals surface area (Å²) in [6, 6.07) is 24.4. The number of aromatic hydroxyl groups is 1. The van der Waals surface area contributed by atoms with Gasteiger partial charge in [-0.1, -0.05) is 48.0 Å². The monoisotopic (exact) mass is 407 g/mol. The van der Waals surface area contributed by atoms with E-state index in [2.05, 4.69) is 35.0 Å². The SMILES string of the molecule is Cc1cccc(Cn2cc(/C=C(\C#N)C(=O)Nc3ccc(O)cc3)c3ccccc32)c1. The number of phenolic OH excluding ortho intramolecular Hbond substituents is 1. The van der Waals surface area contributed by atoms with E-state index in [-0.39, 0.29) is 11.3 Å². The number of hydrogen-bond acceptors (Lipinski definition) is 3. The highest BCUT2D eigenvalue weighted by molar-refractivity contribution is 6.10. The predicted octanol–water partition coefficient (Wildman–Crippen LogP) is 5.25. The normalized spacial score (nSPS) is 11.3. The van der Waals surface area contributed by atoms with Crippen molar-refractivity contribution < 1.29 is 9.90 Å². The van der Waals surface area contributed by atoms with Crippen molar-refractivity contribution in [2.75, 3.05) is 5.32 Å². The number of fused-ring (bicyclic) bond motifs is 1. The molecule has 5 heteroatoms. The average Bonchev–Trinajstić information content (AvgIpc) is 3.11. The maximum absolute atomic E-state index is 12.6. The number of nitrogens with one attached hydrogen (secondary N) is 1. The molecule has 152 valence electrons. The minimum Gasteiger partial charge on any atom is -0.508 e. The molecule has 1 heterocycles. The first-order valence-corrected chi connectivity index (χ1v) is 9.89. The summed E-state index contributed by atoms with van der Waals surface area (Å²) in [5.41, 5.74) is 4.73. The van der Waals surface area contributed by atoms with Crippen LogP contribution in [-0.4, -0.2) is 15.6 Å². The van der Waals surface area contributed by atoms with E-state index in [4.69, 9.17) is 0 Å². The van der Waals surface area contributed by atoms with E-state index in [0.717, 1.165) is 16.5 Å². The highest BCUT2D eigenvalue weighted by Crippen LogP contribution is 2.25. The Balaban J connectivity index is 1.67. The second-order valence-electron chi connectivity index (χ2n) is 7.39.